The Morgan fingerprint density at radius 1 is 1.00 bits per heavy atom. The van der Waals surface area contributed by atoms with Crippen molar-refractivity contribution in [1.82, 2.24) is 0 Å². The fourth-order valence-electron chi connectivity index (χ4n) is 1.60. The predicted octanol–water partition coefficient (Wildman–Crippen LogP) is 4.30. The van der Waals surface area contributed by atoms with E-state index in [-0.39, 0.29) is 0 Å². The summed E-state index contributed by atoms with van der Waals surface area (Å²) in [6, 6.07) is 6.39. The third-order valence-corrected chi connectivity index (χ3v) is 2.67. The molecule has 1 aromatic rings. The van der Waals surface area contributed by atoms with Crippen LogP contribution in [0.1, 0.15) is 50.7 Å². The molecular formula is C12H17FeN. The van der Waals surface area contributed by atoms with Crippen molar-refractivity contribution < 1.29 is 15.8 Å². The molecule has 78 valence electrons. The summed E-state index contributed by atoms with van der Waals surface area (Å²) in [7, 11) is 0. The summed E-state index contributed by atoms with van der Waals surface area (Å²) in [6.45, 7) is 8.75. The first-order valence-electron chi connectivity index (χ1n) is 5.01. The van der Waals surface area contributed by atoms with Crippen LogP contribution in [0.2, 0.25) is 0 Å². The maximum atomic E-state index is 4.16. The van der Waals surface area contributed by atoms with Crippen molar-refractivity contribution in [2.45, 2.75) is 39.5 Å². The van der Waals surface area contributed by atoms with Gasteiger partial charge >= 0.3 is 94.3 Å². The molecule has 0 spiro atoms. The molecule has 0 heterocycles. The molecule has 0 N–H and O–H groups in total. The predicted molar refractivity (Wildman–Crippen MR) is 56.7 cm³/mol. The summed E-state index contributed by atoms with van der Waals surface area (Å²) in [6.07, 6.45) is 0. The van der Waals surface area contributed by atoms with Crippen LogP contribution < -0.4 is 0 Å². The summed E-state index contributed by atoms with van der Waals surface area (Å²) >= 11 is 3.67. The van der Waals surface area contributed by atoms with E-state index in [0.717, 1.165) is 5.69 Å². The van der Waals surface area contributed by atoms with Gasteiger partial charge in [0.1, 0.15) is 0 Å². The zero-order valence-corrected chi connectivity index (χ0v) is 10.3. The first-order chi connectivity index (χ1) is 6.57. The van der Waals surface area contributed by atoms with Crippen molar-refractivity contribution >= 4 is 5.69 Å². The van der Waals surface area contributed by atoms with Gasteiger partial charge in [-0.25, -0.2) is 0 Å². The van der Waals surface area contributed by atoms with Crippen molar-refractivity contribution in [1.29, 1.82) is 0 Å². The Morgan fingerprint density at radius 2 is 1.43 bits per heavy atom. The van der Waals surface area contributed by atoms with Gasteiger partial charge in [-0.15, -0.1) is 0 Å². The molecule has 0 saturated carbocycles. The number of rotatable bonds is 3. The van der Waals surface area contributed by atoms with E-state index < -0.39 is 0 Å². The van der Waals surface area contributed by atoms with Crippen LogP contribution in [0.15, 0.2) is 22.2 Å². The van der Waals surface area contributed by atoms with Gasteiger partial charge < -0.3 is 0 Å². The normalized spacial score (nSPS) is 11.1. The second kappa shape index (κ2) is 4.86. The first kappa shape index (κ1) is 11.6. The number of hydrogen-bond acceptors (Lipinski definition) is 1. The van der Waals surface area contributed by atoms with Crippen LogP contribution in [0.3, 0.4) is 0 Å². The van der Waals surface area contributed by atoms with Crippen LogP contribution >= 0.6 is 0 Å². The van der Waals surface area contributed by atoms with Gasteiger partial charge in [-0.05, 0) is 0 Å². The van der Waals surface area contributed by atoms with Crippen LogP contribution in [0.25, 0.3) is 0 Å². The molecule has 0 aliphatic rings. The van der Waals surface area contributed by atoms with Gasteiger partial charge in [0.15, 0.2) is 0 Å². The Kier molecular flexibility index (Phi) is 4.03. The molecule has 0 fully saturated rings. The topological polar surface area (TPSA) is 12.4 Å². The summed E-state index contributed by atoms with van der Waals surface area (Å²) in [5.41, 5.74) is 3.68. The van der Waals surface area contributed by atoms with E-state index in [1.165, 1.54) is 11.1 Å². The maximum absolute atomic E-state index is 4.16. The Labute approximate surface area is 94.5 Å². The van der Waals surface area contributed by atoms with E-state index in [4.69, 9.17) is 0 Å². The molecule has 14 heavy (non-hydrogen) atoms. The number of nitrogens with zero attached hydrogens (tertiary/aromatic N) is 1. The molecule has 0 amide bonds. The molecule has 0 bridgehead atoms. The average Bonchev–Trinajstić information content (AvgIpc) is 2.16. The summed E-state index contributed by atoms with van der Waals surface area (Å²) < 4.78 is 4.16. The van der Waals surface area contributed by atoms with Gasteiger partial charge in [0, 0.05) is 0 Å². The monoisotopic (exact) mass is 231 g/mol. The average molecular weight is 231 g/mol. The van der Waals surface area contributed by atoms with Gasteiger partial charge in [-0.2, -0.15) is 0 Å². The second-order valence-corrected chi connectivity index (χ2v) is 4.42. The van der Waals surface area contributed by atoms with Crippen LogP contribution in [0.4, 0.5) is 5.69 Å². The SMILES string of the molecule is CC(C)c1cccc(C(C)C)c1[N]=[Fe]. The minimum absolute atomic E-state index is 0.509. The molecule has 1 nitrogen and oxygen atoms in total. The third kappa shape index (κ3) is 2.31. The van der Waals surface area contributed by atoms with Crippen LogP contribution in [0, 0.1) is 0 Å². The molecule has 0 aliphatic carbocycles. The molecule has 0 radical (unpaired) electrons. The fraction of sp³-hybridized carbons (Fsp3) is 0.500. The van der Waals surface area contributed by atoms with E-state index in [0.29, 0.717) is 11.8 Å². The molecular weight excluding hydrogens is 214 g/mol. The fourth-order valence-corrected chi connectivity index (χ4v) is 1.89. The van der Waals surface area contributed by atoms with E-state index >= 15 is 0 Å². The molecule has 0 atom stereocenters. The molecule has 1 rings (SSSR count). The summed E-state index contributed by atoms with van der Waals surface area (Å²) in [5, 5.41) is 0. The van der Waals surface area contributed by atoms with Crippen LogP contribution in [-0.2, 0) is 15.8 Å². The van der Waals surface area contributed by atoms with Gasteiger partial charge in [0.05, 0.1) is 0 Å². The molecule has 2 heteroatoms. The number of benzene rings is 1. The van der Waals surface area contributed by atoms with E-state index in [2.05, 4.69) is 65.7 Å². The van der Waals surface area contributed by atoms with E-state index in [1.54, 1.807) is 0 Å². The van der Waals surface area contributed by atoms with Crippen molar-refractivity contribution in [3.63, 3.8) is 0 Å². The van der Waals surface area contributed by atoms with Crippen LogP contribution in [0.5, 0.6) is 0 Å². The van der Waals surface area contributed by atoms with E-state index in [9.17, 15) is 0 Å². The standard InChI is InChI=1S/C12H17N.Fe/c1-8(2)10-6-5-7-11(9(3)4)12(10)13;/h5-9H,1-4H3;. The number of hydrogen-bond donors (Lipinski definition) is 0. The van der Waals surface area contributed by atoms with Gasteiger partial charge in [-0.3, -0.25) is 0 Å². The first-order valence-corrected chi connectivity index (χ1v) is 5.51. The minimum atomic E-state index is 0.509. The van der Waals surface area contributed by atoms with Crippen molar-refractivity contribution in [2.75, 3.05) is 0 Å². The zero-order valence-electron chi connectivity index (χ0n) is 9.19. The summed E-state index contributed by atoms with van der Waals surface area (Å²) in [5.74, 6) is 1.02. The Hall–Kier alpha value is -0.461. The summed E-state index contributed by atoms with van der Waals surface area (Å²) in [4.78, 5) is 0. The molecule has 0 unspecified atom stereocenters. The Balaban J connectivity index is 3.32. The van der Waals surface area contributed by atoms with E-state index in [1.807, 2.05) is 0 Å². The van der Waals surface area contributed by atoms with Crippen molar-refractivity contribution in [2.24, 2.45) is 3.96 Å². The van der Waals surface area contributed by atoms with Gasteiger partial charge in [-0.1, -0.05) is 0 Å². The molecule has 0 saturated heterocycles. The van der Waals surface area contributed by atoms with Gasteiger partial charge in [0.2, 0.25) is 0 Å². The van der Waals surface area contributed by atoms with Crippen molar-refractivity contribution in [3.05, 3.63) is 29.3 Å². The zero-order chi connectivity index (χ0) is 10.7. The molecule has 0 aromatic heterocycles. The Bertz CT molecular complexity index is 303. The Morgan fingerprint density at radius 3 is 1.71 bits per heavy atom. The second-order valence-electron chi connectivity index (χ2n) is 4.17. The molecule has 1 aromatic carbocycles. The quantitative estimate of drug-likeness (QED) is 0.688. The molecule has 0 aliphatic heterocycles. The van der Waals surface area contributed by atoms with Crippen LogP contribution in [-0.4, -0.2) is 0 Å². The van der Waals surface area contributed by atoms with Gasteiger partial charge in [0.25, 0.3) is 0 Å². The van der Waals surface area contributed by atoms with Crippen molar-refractivity contribution in [3.8, 4) is 0 Å². The third-order valence-electron chi connectivity index (χ3n) is 2.42.